The van der Waals surface area contributed by atoms with E-state index in [1.807, 2.05) is 47.0 Å². The number of nitrogens with one attached hydrogen (secondary N) is 1. The van der Waals surface area contributed by atoms with E-state index in [1.54, 1.807) is 11.3 Å². The molecule has 0 saturated carbocycles. The summed E-state index contributed by atoms with van der Waals surface area (Å²) in [5, 5.41) is 7.04. The number of hydrogen-bond donors (Lipinski definition) is 1. The van der Waals surface area contributed by atoms with Crippen LogP contribution < -0.4 is 5.32 Å². The van der Waals surface area contributed by atoms with Crippen LogP contribution in [0, 0.1) is 0 Å². The summed E-state index contributed by atoms with van der Waals surface area (Å²) in [6.45, 7) is 1.75. The molecule has 3 rings (SSSR count). The lowest BCUT2D eigenvalue weighted by Gasteiger charge is -2.32. The minimum absolute atomic E-state index is 0.150. The number of amides is 1. The highest BCUT2D eigenvalue weighted by molar-refractivity contribution is 7.07. The van der Waals surface area contributed by atoms with Crippen LogP contribution in [-0.2, 0) is 16.0 Å². The van der Waals surface area contributed by atoms with Gasteiger partial charge in [0, 0.05) is 13.6 Å². The van der Waals surface area contributed by atoms with Gasteiger partial charge in [-0.05, 0) is 34.5 Å². The van der Waals surface area contributed by atoms with Gasteiger partial charge in [0.15, 0.2) is 0 Å². The second-order valence-electron chi connectivity index (χ2n) is 5.21. The number of rotatable bonds is 4. The lowest BCUT2D eigenvalue weighted by Crippen LogP contribution is -2.43. The van der Waals surface area contributed by atoms with Crippen molar-refractivity contribution in [1.29, 1.82) is 0 Å². The number of carbonyl (C=O) groups is 1. The first-order chi connectivity index (χ1) is 10.8. The van der Waals surface area contributed by atoms with Gasteiger partial charge >= 0.3 is 0 Å². The summed E-state index contributed by atoms with van der Waals surface area (Å²) in [6.07, 6.45) is 0.300. The van der Waals surface area contributed by atoms with E-state index in [1.165, 1.54) is 0 Å². The van der Waals surface area contributed by atoms with Crippen LogP contribution in [0.5, 0.6) is 0 Å². The molecule has 1 atom stereocenters. The van der Waals surface area contributed by atoms with Crippen LogP contribution in [0.25, 0.3) is 0 Å². The maximum Gasteiger partial charge on any atom is 0.227 e. The molecule has 0 radical (unpaired) electrons. The van der Waals surface area contributed by atoms with Gasteiger partial charge in [-0.1, -0.05) is 6.07 Å². The number of thiophene rings is 1. The molecule has 0 bridgehead atoms. The maximum atomic E-state index is 12.4. The van der Waals surface area contributed by atoms with E-state index in [4.69, 9.17) is 4.74 Å². The summed E-state index contributed by atoms with van der Waals surface area (Å²) >= 11 is 1.62. The van der Waals surface area contributed by atoms with Gasteiger partial charge in [0.05, 0.1) is 25.3 Å². The first-order valence-corrected chi connectivity index (χ1v) is 8.25. The predicted molar refractivity (Wildman–Crippen MR) is 87.1 cm³/mol. The van der Waals surface area contributed by atoms with Gasteiger partial charge in [0.2, 0.25) is 5.91 Å². The van der Waals surface area contributed by atoms with E-state index in [-0.39, 0.29) is 12.0 Å². The third-order valence-electron chi connectivity index (χ3n) is 3.71. The number of pyridine rings is 1. The highest BCUT2D eigenvalue weighted by Gasteiger charge is 2.26. The highest BCUT2D eigenvalue weighted by Crippen LogP contribution is 2.22. The molecule has 3 heterocycles. The molecule has 6 heteroatoms. The summed E-state index contributed by atoms with van der Waals surface area (Å²) in [5.41, 5.74) is 1.94. The zero-order valence-corrected chi connectivity index (χ0v) is 13.3. The van der Waals surface area contributed by atoms with Crippen molar-refractivity contribution < 1.29 is 9.53 Å². The Hall–Kier alpha value is -1.92. The molecule has 1 saturated heterocycles. The van der Waals surface area contributed by atoms with Crippen LogP contribution in [-0.4, -0.2) is 42.5 Å². The van der Waals surface area contributed by atoms with Crippen LogP contribution in [0.4, 0.5) is 5.82 Å². The van der Waals surface area contributed by atoms with Crippen molar-refractivity contribution >= 4 is 23.1 Å². The molecule has 1 aliphatic rings. The van der Waals surface area contributed by atoms with Gasteiger partial charge in [0.25, 0.3) is 0 Å². The fraction of sp³-hybridized carbons (Fsp3) is 0.375. The summed E-state index contributed by atoms with van der Waals surface area (Å²) in [6, 6.07) is 7.80. The van der Waals surface area contributed by atoms with Crippen LogP contribution in [0.1, 0.15) is 17.4 Å². The lowest BCUT2D eigenvalue weighted by molar-refractivity contribution is -0.138. The normalized spacial score (nSPS) is 18.2. The molecule has 2 aromatic rings. The Morgan fingerprint density at radius 2 is 2.41 bits per heavy atom. The quantitative estimate of drug-likeness (QED) is 0.940. The van der Waals surface area contributed by atoms with Crippen molar-refractivity contribution in [2.75, 3.05) is 32.1 Å². The smallest absolute Gasteiger partial charge is 0.227 e. The number of hydrogen-bond acceptors (Lipinski definition) is 5. The summed E-state index contributed by atoms with van der Waals surface area (Å²) in [7, 11) is 1.84. The monoisotopic (exact) mass is 317 g/mol. The second kappa shape index (κ2) is 6.89. The van der Waals surface area contributed by atoms with Gasteiger partial charge in [0.1, 0.15) is 11.9 Å². The molecule has 2 aromatic heterocycles. The minimum Gasteiger partial charge on any atom is -0.373 e. The Balaban J connectivity index is 1.67. The molecule has 1 N–H and O–H groups in total. The van der Waals surface area contributed by atoms with Crippen molar-refractivity contribution in [1.82, 2.24) is 9.88 Å². The largest absolute Gasteiger partial charge is 0.373 e. The first-order valence-electron chi connectivity index (χ1n) is 7.31. The van der Waals surface area contributed by atoms with Crippen LogP contribution in [0.2, 0.25) is 0 Å². The number of aromatic nitrogens is 1. The number of ether oxygens (including phenoxy) is 1. The summed E-state index contributed by atoms with van der Waals surface area (Å²) in [4.78, 5) is 18.8. The van der Waals surface area contributed by atoms with E-state index in [2.05, 4.69) is 10.3 Å². The number of morpholine rings is 1. The van der Waals surface area contributed by atoms with Gasteiger partial charge in [-0.2, -0.15) is 11.3 Å². The average Bonchev–Trinajstić information content (AvgIpc) is 3.08. The SMILES string of the molecule is CNc1cccc([C@@H]2CN(C(=O)Cc3ccsc3)CCO2)n1. The zero-order valence-electron chi connectivity index (χ0n) is 12.5. The molecule has 0 aliphatic carbocycles. The molecule has 116 valence electrons. The highest BCUT2D eigenvalue weighted by atomic mass is 32.1. The summed E-state index contributed by atoms with van der Waals surface area (Å²) < 4.78 is 5.80. The third kappa shape index (κ3) is 3.45. The molecule has 5 nitrogen and oxygen atoms in total. The molecule has 0 spiro atoms. The van der Waals surface area contributed by atoms with E-state index in [0.717, 1.165) is 17.1 Å². The minimum atomic E-state index is -0.159. The molecule has 22 heavy (non-hydrogen) atoms. The molecule has 0 aromatic carbocycles. The Bertz CT molecular complexity index is 630. The molecule has 0 unspecified atom stereocenters. The number of nitrogens with zero attached hydrogens (tertiary/aromatic N) is 2. The van der Waals surface area contributed by atoms with Gasteiger partial charge in [-0.15, -0.1) is 0 Å². The Morgan fingerprint density at radius 1 is 1.50 bits per heavy atom. The molecule has 1 fully saturated rings. The number of carbonyl (C=O) groups excluding carboxylic acids is 1. The molecular weight excluding hydrogens is 298 g/mol. The van der Waals surface area contributed by atoms with Crippen LogP contribution in [0.3, 0.4) is 0 Å². The van der Waals surface area contributed by atoms with E-state index < -0.39 is 0 Å². The number of anilines is 1. The van der Waals surface area contributed by atoms with Crippen molar-refractivity contribution in [2.45, 2.75) is 12.5 Å². The Morgan fingerprint density at radius 3 is 3.18 bits per heavy atom. The van der Waals surface area contributed by atoms with Crippen molar-refractivity contribution in [2.24, 2.45) is 0 Å². The molecule has 1 aliphatic heterocycles. The maximum absolute atomic E-state index is 12.4. The topological polar surface area (TPSA) is 54.5 Å². The van der Waals surface area contributed by atoms with Crippen molar-refractivity contribution in [3.8, 4) is 0 Å². The fourth-order valence-corrected chi connectivity index (χ4v) is 3.17. The van der Waals surface area contributed by atoms with Crippen LogP contribution >= 0.6 is 11.3 Å². The molecule has 1 amide bonds. The average molecular weight is 317 g/mol. The van der Waals surface area contributed by atoms with E-state index in [9.17, 15) is 4.79 Å². The predicted octanol–water partition coefficient (Wildman–Crippen LogP) is 2.33. The molecular formula is C16H19N3O2S. The lowest BCUT2D eigenvalue weighted by atomic mass is 10.1. The Labute approximate surface area is 133 Å². The van der Waals surface area contributed by atoms with Gasteiger partial charge < -0.3 is 15.0 Å². The van der Waals surface area contributed by atoms with Crippen molar-refractivity contribution in [3.63, 3.8) is 0 Å². The third-order valence-corrected chi connectivity index (χ3v) is 4.44. The second-order valence-corrected chi connectivity index (χ2v) is 5.99. The van der Waals surface area contributed by atoms with Gasteiger partial charge in [-0.3, -0.25) is 4.79 Å². The van der Waals surface area contributed by atoms with Crippen LogP contribution in [0.15, 0.2) is 35.0 Å². The standard InChI is InChI=1S/C16H19N3O2S/c1-17-15-4-2-3-13(18-15)14-10-19(6-7-21-14)16(20)9-12-5-8-22-11-12/h2-5,8,11,14H,6-7,9-10H2,1H3,(H,17,18)/t14-/m0/s1. The summed E-state index contributed by atoms with van der Waals surface area (Å²) in [5.74, 6) is 0.958. The van der Waals surface area contributed by atoms with Crippen molar-refractivity contribution in [3.05, 3.63) is 46.3 Å². The Kier molecular flexibility index (Phi) is 4.70. The zero-order chi connectivity index (χ0) is 15.4. The van der Waals surface area contributed by atoms with E-state index >= 15 is 0 Å². The fourth-order valence-electron chi connectivity index (χ4n) is 2.50. The van der Waals surface area contributed by atoms with E-state index in [0.29, 0.717) is 26.1 Å². The first kappa shape index (κ1) is 15.0. The van der Waals surface area contributed by atoms with Gasteiger partial charge in [-0.25, -0.2) is 4.98 Å².